The van der Waals surface area contributed by atoms with Crippen LogP contribution in [0.2, 0.25) is 0 Å². The van der Waals surface area contributed by atoms with Crippen LogP contribution in [0, 0.1) is 11.6 Å². The van der Waals surface area contributed by atoms with Gasteiger partial charge < -0.3 is 20.3 Å². The number of carbonyl (C=O) groups excluding carboxylic acids is 2. The molecule has 2 aromatic heterocycles. The number of aromatic nitrogens is 3. The van der Waals surface area contributed by atoms with Gasteiger partial charge in [0, 0.05) is 38.4 Å². The van der Waals surface area contributed by atoms with Crippen LogP contribution in [0.1, 0.15) is 49.5 Å². The van der Waals surface area contributed by atoms with Gasteiger partial charge in [-0.3, -0.25) is 9.48 Å². The van der Waals surface area contributed by atoms with Gasteiger partial charge in [-0.15, -0.1) is 0 Å². The molecule has 0 aliphatic carbocycles. The fourth-order valence-electron chi connectivity index (χ4n) is 4.47. The molecule has 9 nitrogen and oxygen atoms in total. The zero-order valence-electron chi connectivity index (χ0n) is 22.6. The van der Waals surface area contributed by atoms with Gasteiger partial charge >= 0.3 is 6.09 Å². The highest BCUT2D eigenvalue weighted by atomic mass is 19.1. The van der Waals surface area contributed by atoms with Crippen LogP contribution >= 0.6 is 0 Å². The predicted octanol–water partition coefficient (Wildman–Crippen LogP) is 4.54. The normalized spacial score (nSPS) is 15.3. The van der Waals surface area contributed by atoms with Crippen molar-refractivity contribution in [2.24, 2.45) is 7.05 Å². The van der Waals surface area contributed by atoms with E-state index in [1.165, 1.54) is 23.0 Å². The molecular weight excluding hydrogens is 506 g/mol. The molecule has 1 aromatic carbocycles. The fraction of sp³-hybridized carbons (Fsp3) is 0.429. The number of amides is 2. The summed E-state index contributed by atoms with van der Waals surface area (Å²) in [4.78, 5) is 31.9. The number of rotatable bonds is 8. The molecule has 1 fully saturated rings. The Morgan fingerprint density at radius 1 is 1.21 bits per heavy atom. The Labute approximate surface area is 226 Å². The van der Waals surface area contributed by atoms with E-state index in [1.54, 1.807) is 51.0 Å². The maximum Gasteiger partial charge on any atom is 0.410 e. The molecule has 0 saturated carbocycles. The molecular formula is C28H34F2N6O3. The van der Waals surface area contributed by atoms with Crippen LogP contribution in [-0.4, -0.2) is 62.9 Å². The third-order valence-corrected chi connectivity index (χ3v) is 6.30. The summed E-state index contributed by atoms with van der Waals surface area (Å²) in [5.74, 6) is -1.33. The summed E-state index contributed by atoms with van der Waals surface area (Å²) >= 11 is 0. The zero-order chi connectivity index (χ0) is 28.2. The predicted molar refractivity (Wildman–Crippen MR) is 143 cm³/mol. The first-order chi connectivity index (χ1) is 18.5. The SMILES string of the molecule is Cn1cc(-c2nc(NCCc3cccc(F)c3)c(C(=O)NC[C@H]3CCCN3C(=O)OC(C)(C)C)cc2F)cn1. The molecule has 0 spiro atoms. The summed E-state index contributed by atoms with van der Waals surface area (Å²) in [7, 11) is 1.71. The third-order valence-electron chi connectivity index (χ3n) is 6.30. The van der Waals surface area contributed by atoms with Crippen molar-refractivity contribution in [2.45, 2.75) is 51.7 Å². The molecule has 1 aliphatic rings. The minimum atomic E-state index is -0.667. The standard InChI is InChI=1S/C28H34F2N6O3/c1-28(2,3)39-27(38)36-12-6-9-21(36)16-32-26(37)22-14-23(30)24(19-15-33-35(4)17-19)34-25(22)31-11-10-18-7-5-8-20(29)13-18/h5,7-8,13-15,17,21H,6,9-12,16H2,1-4H3,(H,31,34)(H,32,37)/t21-/m1/s1. The van der Waals surface area contributed by atoms with Gasteiger partial charge in [-0.2, -0.15) is 5.10 Å². The number of pyridine rings is 1. The van der Waals surface area contributed by atoms with Crippen molar-refractivity contribution in [1.82, 2.24) is 25.0 Å². The Balaban J connectivity index is 1.51. The molecule has 1 saturated heterocycles. The lowest BCUT2D eigenvalue weighted by Gasteiger charge is -2.28. The molecule has 1 aliphatic heterocycles. The highest BCUT2D eigenvalue weighted by Crippen LogP contribution is 2.26. The van der Waals surface area contributed by atoms with Crippen LogP contribution in [0.3, 0.4) is 0 Å². The van der Waals surface area contributed by atoms with Crippen molar-refractivity contribution in [3.05, 3.63) is 65.5 Å². The maximum atomic E-state index is 15.2. The lowest BCUT2D eigenvalue weighted by Crippen LogP contribution is -2.45. The summed E-state index contributed by atoms with van der Waals surface area (Å²) in [6.45, 7) is 6.47. The van der Waals surface area contributed by atoms with E-state index in [2.05, 4.69) is 20.7 Å². The molecule has 2 N–H and O–H groups in total. The average Bonchev–Trinajstić information content (AvgIpc) is 3.51. The van der Waals surface area contributed by atoms with Crippen molar-refractivity contribution in [3.8, 4) is 11.3 Å². The smallest absolute Gasteiger partial charge is 0.410 e. The molecule has 2 amide bonds. The largest absolute Gasteiger partial charge is 0.444 e. The first-order valence-corrected chi connectivity index (χ1v) is 13.0. The summed E-state index contributed by atoms with van der Waals surface area (Å²) in [6, 6.07) is 7.15. The van der Waals surface area contributed by atoms with Gasteiger partial charge in [0.25, 0.3) is 5.91 Å². The molecule has 1 atom stereocenters. The lowest BCUT2D eigenvalue weighted by atomic mass is 10.1. The van der Waals surface area contributed by atoms with Crippen molar-refractivity contribution in [2.75, 3.05) is 25.0 Å². The number of nitrogens with zero attached hydrogens (tertiary/aromatic N) is 4. The molecule has 0 radical (unpaired) electrons. The van der Waals surface area contributed by atoms with Gasteiger partial charge in [-0.1, -0.05) is 12.1 Å². The number of likely N-dealkylation sites (tertiary alicyclic amines) is 1. The number of ether oxygens (including phenoxy) is 1. The molecule has 3 heterocycles. The number of anilines is 1. The molecule has 208 valence electrons. The first-order valence-electron chi connectivity index (χ1n) is 13.0. The summed E-state index contributed by atoms with van der Waals surface area (Å²) in [5.41, 5.74) is 0.695. The van der Waals surface area contributed by atoms with Gasteiger partial charge in [-0.05, 0) is 63.8 Å². The van der Waals surface area contributed by atoms with Crippen molar-refractivity contribution < 1.29 is 23.1 Å². The summed E-state index contributed by atoms with van der Waals surface area (Å²) in [5, 5.41) is 10.0. The van der Waals surface area contributed by atoms with Crippen LogP contribution in [0.4, 0.5) is 19.4 Å². The van der Waals surface area contributed by atoms with Gasteiger partial charge in [0.2, 0.25) is 0 Å². The van der Waals surface area contributed by atoms with E-state index in [4.69, 9.17) is 4.74 Å². The number of carbonyl (C=O) groups is 2. The summed E-state index contributed by atoms with van der Waals surface area (Å²) < 4.78 is 35.8. The number of aryl methyl sites for hydroxylation is 1. The summed E-state index contributed by atoms with van der Waals surface area (Å²) in [6.07, 6.45) is 4.67. The van der Waals surface area contributed by atoms with Gasteiger partial charge in [-0.25, -0.2) is 18.6 Å². The molecule has 11 heteroatoms. The minimum Gasteiger partial charge on any atom is -0.444 e. The fourth-order valence-corrected chi connectivity index (χ4v) is 4.47. The number of hydrogen-bond donors (Lipinski definition) is 2. The van der Waals surface area contributed by atoms with E-state index < -0.39 is 23.4 Å². The Morgan fingerprint density at radius 3 is 2.69 bits per heavy atom. The van der Waals surface area contributed by atoms with Crippen LogP contribution in [0.5, 0.6) is 0 Å². The van der Waals surface area contributed by atoms with Crippen molar-refractivity contribution in [1.29, 1.82) is 0 Å². The lowest BCUT2D eigenvalue weighted by molar-refractivity contribution is 0.0225. The minimum absolute atomic E-state index is 0.0289. The van der Waals surface area contributed by atoms with E-state index in [0.29, 0.717) is 31.5 Å². The first kappa shape index (κ1) is 28.0. The molecule has 0 unspecified atom stereocenters. The van der Waals surface area contributed by atoms with E-state index in [0.717, 1.165) is 18.1 Å². The topological polar surface area (TPSA) is 101 Å². The number of halogens is 2. The monoisotopic (exact) mass is 540 g/mol. The Bertz CT molecular complexity index is 1340. The van der Waals surface area contributed by atoms with E-state index >= 15 is 4.39 Å². The van der Waals surface area contributed by atoms with Crippen molar-refractivity contribution >= 4 is 17.8 Å². The van der Waals surface area contributed by atoms with E-state index in [9.17, 15) is 14.0 Å². The van der Waals surface area contributed by atoms with Gasteiger partial charge in [0.1, 0.15) is 22.9 Å². The van der Waals surface area contributed by atoms with Gasteiger partial charge in [0.05, 0.1) is 17.8 Å². The second kappa shape index (κ2) is 11.8. The molecule has 3 aromatic rings. The van der Waals surface area contributed by atoms with Gasteiger partial charge in [0.15, 0.2) is 5.82 Å². The second-order valence-corrected chi connectivity index (χ2v) is 10.6. The highest BCUT2D eigenvalue weighted by Gasteiger charge is 2.32. The number of hydrogen-bond acceptors (Lipinski definition) is 6. The molecule has 4 rings (SSSR count). The highest BCUT2D eigenvalue weighted by molar-refractivity contribution is 5.99. The molecule has 39 heavy (non-hydrogen) atoms. The van der Waals surface area contributed by atoms with Crippen LogP contribution < -0.4 is 10.6 Å². The Hall–Kier alpha value is -4.02. The van der Waals surface area contributed by atoms with E-state index in [-0.39, 0.29) is 35.5 Å². The van der Waals surface area contributed by atoms with E-state index in [1.807, 2.05) is 0 Å². The number of benzene rings is 1. The van der Waals surface area contributed by atoms with Crippen LogP contribution in [-0.2, 0) is 18.2 Å². The maximum absolute atomic E-state index is 15.2. The second-order valence-electron chi connectivity index (χ2n) is 10.6. The number of nitrogens with one attached hydrogen (secondary N) is 2. The third kappa shape index (κ3) is 7.30. The Morgan fingerprint density at radius 2 is 2.00 bits per heavy atom. The van der Waals surface area contributed by atoms with Crippen LogP contribution in [0.15, 0.2) is 42.7 Å². The average molecular weight is 541 g/mol. The van der Waals surface area contributed by atoms with Crippen LogP contribution in [0.25, 0.3) is 11.3 Å². The molecule has 0 bridgehead atoms. The Kier molecular flexibility index (Phi) is 8.47. The quantitative estimate of drug-likeness (QED) is 0.435. The van der Waals surface area contributed by atoms with Crippen molar-refractivity contribution in [3.63, 3.8) is 0 Å². The zero-order valence-corrected chi connectivity index (χ0v) is 22.6.